The topological polar surface area (TPSA) is 37.2 Å². The Morgan fingerprint density at radius 3 is 2.59 bits per heavy atom. The van der Waals surface area contributed by atoms with Crippen LogP contribution in [0.3, 0.4) is 0 Å². The van der Waals surface area contributed by atoms with Crippen molar-refractivity contribution in [3.8, 4) is 5.75 Å². The summed E-state index contributed by atoms with van der Waals surface area (Å²) in [4.78, 5) is 0. The van der Waals surface area contributed by atoms with Gasteiger partial charge in [0.15, 0.2) is 0 Å². The van der Waals surface area contributed by atoms with Gasteiger partial charge in [0.25, 0.3) is 0 Å². The molecule has 0 unspecified atom stereocenters. The quantitative estimate of drug-likeness (QED) is 0.850. The minimum Gasteiger partial charge on any atom is -0.508 e. The fraction of sp³-hybridized carbons (Fsp3) is 0.286. The molecular weight excluding hydrogens is 212 g/mol. The lowest BCUT2D eigenvalue weighted by molar-refractivity contribution is 0.475. The van der Waals surface area contributed by atoms with Crippen LogP contribution in [0.5, 0.6) is 5.75 Å². The van der Waals surface area contributed by atoms with Crippen molar-refractivity contribution in [3.63, 3.8) is 0 Å². The van der Waals surface area contributed by atoms with Gasteiger partial charge in [-0.25, -0.2) is 0 Å². The number of aromatic nitrogens is 1. The monoisotopic (exact) mass is 230 g/mol. The average Bonchev–Trinajstić information content (AvgIpc) is 2.54. The Kier molecular flexibility index (Phi) is 3.09. The van der Waals surface area contributed by atoms with E-state index >= 15 is 0 Å². The molecule has 0 aliphatic carbocycles. The highest BCUT2D eigenvalue weighted by atomic mass is 16.3. The van der Waals surface area contributed by atoms with Gasteiger partial charge in [0.05, 0.1) is 0 Å². The first kappa shape index (κ1) is 11.6. The molecule has 0 aliphatic rings. The maximum Gasteiger partial charge on any atom is 0.117 e. The number of phenolic OH excluding ortho intramolecular Hbond substituents is 1. The lowest BCUT2D eigenvalue weighted by Gasteiger charge is -2.07. The van der Waals surface area contributed by atoms with Gasteiger partial charge in [0.2, 0.25) is 0 Å². The van der Waals surface area contributed by atoms with Crippen molar-refractivity contribution in [2.45, 2.75) is 20.4 Å². The number of aromatic hydroxyl groups is 1. The molecule has 3 nitrogen and oxygen atoms in total. The van der Waals surface area contributed by atoms with Crippen molar-refractivity contribution in [1.82, 2.24) is 4.57 Å². The summed E-state index contributed by atoms with van der Waals surface area (Å²) >= 11 is 0. The van der Waals surface area contributed by atoms with E-state index in [1.807, 2.05) is 12.1 Å². The van der Waals surface area contributed by atoms with Gasteiger partial charge in [-0.2, -0.15) is 0 Å². The van der Waals surface area contributed by atoms with Crippen molar-refractivity contribution >= 4 is 5.69 Å². The highest BCUT2D eigenvalue weighted by Gasteiger charge is 2.05. The maximum absolute atomic E-state index is 9.37. The largest absolute Gasteiger partial charge is 0.508 e. The molecule has 17 heavy (non-hydrogen) atoms. The van der Waals surface area contributed by atoms with E-state index in [0.29, 0.717) is 0 Å². The molecule has 0 amide bonds. The lowest BCUT2D eigenvalue weighted by atomic mass is 10.2. The Morgan fingerprint density at radius 2 is 2.00 bits per heavy atom. The predicted molar refractivity (Wildman–Crippen MR) is 70.3 cm³/mol. The number of benzene rings is 1. The first-order valence-corrected chi connectivity index (χ1v) is 5.72. The summed E-state index contributed by atoms with van der Waals surface area (Å²) in [7, 11) is 2.07. The molecule has 3 heteroatoms. The van der Waals surface area contributed by atoms with Gasteiger partial charge in [-0.3, -0.25) is 0 Å². The zero-order valence-corrected chi connectivity index (χ0v) is 10.5. The van der Waals surface area contributed by atoms with Crippen molar-refractivity contribution < 1.29 is 5.11 Å². The fourth-order valence-corrected chi connectivity index (χ4v) is 1.93. The summed E-state index contributed by atoms with van der Waals surface area (Å²) in [6.45, 7) is 4.99. The number of rotatable bonds is 3. The number of phenols is 1. The summed E-state index contributed by atoms with van der Waals surface area (Å²) in [5.74, 6) is 0.288. The lowest BCUT2D eigenvalue weighted by Crippen LogP contribution is -2.01. The summed E-state index contributed by atoms with van der Waals surface area (Å²) in [5, 5.41) is 12.7. The van der Waals surface area contributed by atoms with Crippen LogP contribution in [-0.2, 0) is 13.6 Å². The van der Waals surface area contributed by atoms with E-state index in [4.69, 9.17) is 0 Å². The van der Waals surface area contributed by atoms with Crippen LogP contribution in [0.1, 0.15) is 17.0 Å². The van der Waals surface area contributed by atoms with Crippen LogP contribution in [0, 0.1) is 13.8 Å². The van der Waals surface area contributed by atoms with E-state index < -0.39 is 0 Å². The van der Waals surface area contributed by atoms with Crippen LogP contribution in [-0.4, -0.2) is 9.67 Å². The molecule has 0 saturated carbocycles. The summed E-state index contributed by atoms with van der Waals surface area (Å²) in [5.41, 5.74) is 4.75. The van der Waals surface area contributed by atoms with Gasteiger partial charge in [-0.1, -0.05) is 6.07 Å². The molecule has 0 spiro atoms. The third-order valence-corrected chi connectivity index (χ3v) is 3.21. The molecule has 2 rings (SSSR count). The van der Waals surface area contributed by atoms with E-state index in [1.54, 1.807) is 12.1 Å². The fourth-order valence-electron chi connectivity index (χ4n) is 1.93. The van der Waals surface area contributed by atoms with Crippen LogP contribution < -0.4 is 5.32 Å². The summed E-state index contributed by atoms with van der Waals surface area (Å²) in [6.07, 6.45) is 0. The average molecular weight is 230 g/mol. The molecule has 2 aromatic rings. The van der Waals surface area contributed by atoms with E-state index in [2.05, 4.69) is 36.8 Å². The third kappa shape index (κ3) is 2.44. The third-order valence-electron chi connectivity index (χ3n) is 3.21. The SMILES string of the molecule is Cc1cc(CNc2cccc(O)c2)c(C)n1C. The number of nitrogens with zero attached hydrogens (tertiary/aromatic N) is 1. The van der Waals surface area contributed by atoms with Gasteiger partial charge in [0.1, 0.15) is 5.75 Å². The van der Waals surface area contributed by atoms with E-state index in [1.165, 1.54) is 17.0 Å². The highest BCUT2D eigenvalue weighted by molar-refractivity contribution is 5.48. The van der Waals surface area contributed by atoms with Gasteiger partial charge in [-0.05, 0) is 37.6 Å². The van der Waals surface area contributed by atoms with Crippen LogP contribution in [0.25, 0.3) is 0 Å². The highest BCUT2D eigenvalue weighted by Crippen LogP contribution is 2.18. The Hall–Kier alpha value is -1.90. The molecule has 0 atom stereocenters. The second kappa shape index (κ2) is 4.53. The number of hydrogen-bond acceptors (Lipinski definition) is 2. The predicted octanol–water partition coefficient (Wildman–Crippen LogP) is 2.96. The zero-order chi connectivity index (χ0) is 12.4. The second-order valence-electron chi connectivity index (χ2n) is 4.36. The Labute approximate surface area is 102 Å². The van der Waals surface area contributed by atoms with Gasteiger partial charge in [0, 0.05) is 36.7 Å². The molecule has 2 N–H and O–H groups in total. The first-order valence-electron chi connectivity index (χ1n) is 5.72. The van der Waals surface area contributed by atoms with Gasteiger partial charge >= 0.3 is 0 Å². The summed E-state index contributed by atoms with van der Waals surface area (Å²) in [6, 6.07) is 9.37. The Balaban J connectivity index is 2.10. The number of anilines is 1. The molecule has 0 fully saturated rings. The normalized spacial score (nSPS) is 10.5. The standard InChI is InChI=1S/C14H18N2O/c1-10-7-12(11(2)16(10)3)9-15-13-5-4-6-14(17)8-13/h4-8,15,17H,9H2,1-3H3. The van der Waals surface area contributed by atoms with Crippen molar-refractivity contribution in [2.75, 3.05) is 5.32 Å². The minimum absolute atomic E-state index is 0.288. The Bertz CT molecular complexity index is 529. The van der Waals surface area contributed by atoms with Crippen LogP contribution in [0.2, 0.25) is 0 Å². The number of aryl methyl sites for hydroxylation is 1. The van der Waals surface area contributed by atoms with Crippen LogP contribution in [0.15, 0.2) is 30.3 Å². The molecule has 0 aliphatic heterocycles. The van der Waals surface area contributed by atoms with Crippen LogP contribution >= 0.6 is 0 Å². The molecular formula is C14H18N2O. The molecule has 0 radical (unpaired) electrons. The van der Waals surface area contributed by atoms with Crippen molar-refractivity contribution in [2.24, 2.45) is 7.05 Å². The number of hydrogen-bond donors (Lipinski definition) is 2. The zero-order valence-electron chi connectivity index (χ0n) is 10.5. The molecule has 1 aromatic carbocycles. The van der Waals surface area contributed by atoms with Gasteiger partial charge < -0.3 is 15.0 Å². The Morgan fingerprint density at radius 1 is 1.24 bits per heavy atom. The van der Waals surface area contributed by atoms with E-state index in [-0.39, 0.29) is 5.75 Å². The van der Waals surface area contributed by atoms with E-state index in [9.17, 15) is 5.11 Å². The molecule has 0 saturated heterocycles. The minimum atomic E-state index is 0.288. The molecule has 1 heterocycles. The second-order valence-corrected chi connectivity index (χ2v) is 4.36. The van der Waals surface area contributed by atoms with Crippen LogP contribution in [0.4, 0.5) is 5.69 Å². The first-order chi connectivity index (χ1) is 8.08. The molecule has 90 valence electrons. The molecule has 0 bridgehead atoms. The summed E-state index contributed by atoms with van der Waals surface area (Å²) < 4.78 is 2.18. The number of nitrogens with one attached hydrogen (secondary N) is 1. The smallest absolute Gasteiger partial charge is 0.117 e. The van der Waals surface area contributed by atoms with E-state index in [0.717, 1.165) is 12.2 Å². The van der Waals surface area contributed by atoms with Crippen molar-refractivity contribution in [1.29, 1.82) is 0 Å². The van der Waals surface area contributed by atoms with Crippen molar-refractivity contribution in [3.05, 3.63) is 47.3 Å². The maximum atomic E-state index is 9.37. The molecule has 1 aromatic heterocycles. The van der Waals surface area contributed by atoms with Gasteiger partial charge in [-0.15, -0.1) is 0 Å².